The molecule has 0 saturated carbocycles. The summed E-state index contributed by atoms with van der Waals surface area (Å²) in [4.78, 5) is 11.0. The Morgan fingerprint density at radius 2 is 1.90 bits per heavy atom. The van der Waals surface area contributed by atoms with Crippen LogP contribution < -0.4 is 0 Å². The SMILES string of the molecule is C[C@@H]1C(=O)OC(C)(C)[C@H]1C. The summed E-state index contributed by atoms with van der Waals surface area (Å²) in [7, 11) is 0. The fourth-order valence-corrected chi connectivity index (χ4v) is 1.25. The third-order valence-corrected chi connectivity index (χ3v) is 2.58. The van der Waals surface area contributed by atoms with Gasteiger partial charge in [0.25, 0.3) is 0 Å². The highest BCUT2D eigenvalue weighted by molar-refractivity contribution is 5.75. The number of cyclic esters (lactones) is 1. The van der Waals surface area contributed by atoms with E-state index >= 15 is 0 Å². The first-order chi connectivity index (χ1) is 4.45. The Morgan fingerprint density at radius 3 is 2.00 bits per heavy atom. The minimum Gasteiger partial charge on any atom is -0.459 e. The third kappa shape index (κ3) is 0.917. The van der Waals surface area contributed by atoms with E-state index in [1.54, 1.807) is 0 Å². The van der Waals surface area contributed by atoms with Gasteiger partial charge in [-0.3, -0.25) is 4.79 Å². The molecule has 0 amide bonds. The van der Waals surface area contributed by atoms with Crippen LogP contribution in [0.25, 0.3) is 0 Å². The molecule has 1 aliphatic heterocycles. The van der Waals surface area contributed by atoms with Crippen molar-refractivity contribution in [3.05, 3.63) is 0 Å². The standard InChI is InChI=1S/C8H14O2/c1-5-6(2)8(3,4)10-7(5)9/h5-6H,1-4H3/t5-,6-/m0/s1. The summed E-state index contributed by atoms with van der Waals surface area (Å²) >= 11 is 0. The zero-order chi connectivity index (χ0) is 7.94. The van der Waals surface area contributed by atoms with E-state index in [9.17, 15) is 4.79 Å². The molecule has 0 bridgehead atoms. The zero-order valence-corrected chi connectivity index (χ0v) is 6.97. The number of carbonyl (C=O) groups excluding carboxylic acids is 1. The fraction of sp³-hybridized carbons (Fsp3) is 0.875. The van der Waals surface area contributed by atoms with Crippen LogP contribution in [0.2, 0.25) is 0 Å². The Labute approximate surface area is 61.6 Å². The van der Waals surface area contributed by atoms with Crippen LogP contribution in [-0.4, -0.2) is 11.6 Å². The highest BCUT2D eigenvalue weighted by Crippen LogP contribution is 2.35. The Hall–Kier alpha value is -0.530. The summed E-state index contributed by atoms with van der Waals surface area (Å²) in [5.41, 5.74) is -0.253. The molecule has 0 spiro atoms. The lowest BCUT2D eigenvalue weighted by Crippen LogP contribution is -2.26. The second kappa shape index (κ2) is 1.97. The maximum absolute atomic E-state index is 11.0. The van der Waals surface area contributed by atoms with Crippen molar-refractivity contribution < 1.29 is 9.53 Å². The van der Waals surface area contributed by atoms with Crippen molar-refractivity contribution in [3.8, 4) is 0 Å². The number of rotatable bonds is 0. The lowest BCUT2D eigenvalue weighted by molar-refractivity contribution is -0.148. The monoisotopic (exact) mass is 142 g/mol. The molecule has 58 valence electrons. The second-order valence-electron chi connectivity index (χ2n) is 3.60. The van der Waals surface area contributed by atoms with Gasteiger partial charge in [0.1, 0.15) is 5.60 Å². The van der Waals surface area contributed by atoms with Gasteiger partial charge < -0.3 is 4.74 Å². The first-order valence-corrected chi connectivity index (χ1v) is 3.68. The predicted octanol–water partition coefficient (Wildman–Crippen LogP) is 1.59. The van der Waals surface area contributed by atoms with Gasteiger partial charge in [-0.15, -0.1) is 0 Å². The average Bonchev–Trinajstić information content (AvgIpc) is 1.95. The van der Waals surface area contributed by atoms with Crippen LogP contribution in [0.1, 0.15) is 27.7 Å². The normalized spacial score (nSPS) is 37.8. The van der Waals surface area contributed by atoms with Gasteiger partial charge in [0.15, 0.2) is 0 Å². The van der Waals surface area contributed by atoms with E-state index in [4.69, 9.17) is 4.74 Å². The van der Waals surface area contributed by atoms with E-state index in [0.29, 0.717) is 5.92 Å². The number of esters is 1. The van der Waals surface area contributed by atoms with E-state index in [1.807, 2.05) is 20.8 Å². The molecule has 10 heavy (non-hydrogen) atoms. The summed E-state index contributed by atoms with van der Waals surface area (Å²) < 4.78 is 5.13. The molecule has 0 aliphatic carbocycles. The fourth-order valence-electron chi connectivity index (χ4n) is 1.25. The van der Waals surface area contributed by atoms with E-state index < -0.39 is 0 Å². The maximum Gasteiger partial charge on any atom is 0.309 e. The van der Waals surface area contributed by atoms with E-state index in [1.165, 1.54) is 0 Å². The number of carbonyl (C=O) groups is 1. The lowest BCUT2D eigenvalue weighted by Gasteiger charge is -2.21. The molecular weight excluding hydrogens is 128 g/mol. The molecule has 2 nitrogen and oxygen atoms in total. The first kappa shape index (κ1) is 7.58. The number of hydrogen-bond acceptors (Lipinski definition) is 2. The second-order valence-corrected chi connectivity index (χ2v) is 3.60. The van der Waals surface area contributed by atoms with Crippen LogP contribution in [-0.2, 0) is 9.53 Å². The molecule has 1 rings (SSSR count). The molecule has 1 saturated heterocycles. The van der Waals surface area contributed by atoms with Gasteiger partial charge in [-0.25, -0.2) is 0 Å². The largest absolute Gasteiger partial charge is 0.459 e. The summed E-state index contributed by atoms with van der Waals surface area (Å²) in [6.07, 6.45) is 0. The van der Waals surface area contributed by atoms with Crippen molar-refractivity contribution in [2.75, 3.05) is 0 Å². The third-order valence-electron chi connectivity index (χ3n) is 2.58. The molecule has 0 aromatic heterocycles. The molecule has 1 aliphatic rings. The van der Waals surface area contributed by atoms with Crippen LogP contribution in [0.3, 0.4) is 0 Å². The van der Waals surface area contributed by atoms with Crippen LogP contribution in [0.5, 0.6) is 0 Å². The highest BCUT2D eigenvalue weighted by Gasteiger charge is 2.44. The molecule has 2 heteroatoms. The van der Waals surface area contributed by atoms with Gasteiger partial charge in [0, 0.05) is 5.92 Å². The molecule has 2 atom stereocenters. The molecule has 0 unspecified atom stereocenters. The first-order valence-electron chi connectivity index (χ1n) is 3.68. The summed E-state index contributed by atoms with van der Waals surface area (Å²) in [6.45, 7) is 7.88. The van der Waals surface area contributed by atoms with Crippen LogP contribution in [0.4, 0.5) is 0 Å². The summed E-state index contributed by atoms with van der Waals surface area (Å²) in [5, 5.41) is 0. The van der Waals surface area contributed by atoms with Crippen LogP contribution in [0.15, 0.2) is 0 Å². The van der Waals surface area contributed by atoms with E-state index in [2.05, 4.69) is 6.92 Å². The summed E-state index contributed by atoms with van der Waals surface area (Å²) in [6, 6.07) is 0. The van der Waals surface area contributed by atoms with Gasteiger partial charge in [-0.1, -0.05) is 13.8 Å². The molecule has 0 aromatic carbocycles. The Kier molecular flexibility index (Phi) is 1.50. The summed E-state index contributed by atoms with van der Waals surface area (Å²) in [5.74, 6) is 0.340. The highest BCUT2D eigenvalue weighted by atomic mass is 16.6. The topological polar surface area (TPSA) is 26.3 Å². The van der Waals surface area contributed by atoms with Crippen molar-refractivity contribution in [3.63, 3.8) is 0 Å². The van der Waals surface area contributed by atoms with Crippen molar-refractivity contribution in [1.29, 1.82) is 0 Å². The van der Waals surface area contributed by atoms with Gasteiger partial charge in [0.05, 0.1) is 5.92 Å². The van der Waals surface area contributed by atoms with Crippen LogP contribution >= 0.6 is 0 Å². The number of hydrogen-bond donors (Lipinski definition) is 0. The smallest absolute Gasteiger partial charge is 0.309 e. The molecule has 0 aromatic rings. The van der Waals surface area contributed by atoms with E-state index in [0.717, 1.165) is 0 Å². The Balaban J connectivity index is 2.81. The van der Waals surface area contributed by atoms with Gasteiger partial charge >= 0.3 is 5.97 Å². The van der Waals surface area contributed by atoms with E-state index in [-0.39, 0.29) is 17.5 Å². The molecule has 0 N–H and O–H groups in total. The number of ether oxygens (including phenoxy) is 1. The van der Waals surface area contributed by atoms with Crippen molar-refractivity contribution >= 4 is 5.97 Å². The average molecular weight is 142 g/mol. The lowest BCUT2D eigenvalue weighted by atomic mass is 9.86. The van der Waals surface area contributed by atoms with Gasteiger partial charge in [0.2, 0.25) is 0 Å². The van der Waals surface area contributed by atoms with Crippen molar-refractivity contribution in [1.82, 2.24) is 0 Å². The Morgan fingerprint density at radius 1 is 1.40 bits per heavy atom. The minimum atomic E-state index is -0.253. The van der Waals surface area contributed by atoms with Crippen LogP contribution in [0, 0.1) is 11.8 Å². The Bertz CT molecular complexity index is 161. The maximum atomic E-state index is 11.0. The molecule has 1 heterocycles. The van der Waals surface area contributed by atoms with Gasteiger partial charge in [-0.05, 0) is 13.8 Å². The van der Waals surface area contributed by atoms with Crippen molar-refractivity contribution in [2.45, 2.75) is 33.3 Å². The van der Waals surface area contributed by atoms with Crippen molar-refractivity contribution in [2.24, 2.45) is 11.8 Å². The molecular formula is C8H14O2. The molecule has 0 radical (unpaired) electrons. The quantitative estimate of drug-likeness (QED) is 0.480. The zero-order valence-electron chi connectivity index (χ0n) is 6.97. The predicted molar refractivity (Wildman–Crippen MR) is 38.5 cm³/mol. The van der Waals surface area contributed by atoms with Gasteiger partial charge in [-0.2, -0.15) is 0 Å². The molecule has 1 fully saturated rings. The minimum absolute atomic E-state index is 0.0579.